The van der Waals surface area contributed by atoms with Crippen molar-refractivity contribution >= 4 is 11.8 Å². The van der Waals surface area contributed by atoms with E-state index in [2.05, 4.69) is 63.0 Å². The Morgan fingerprint density at radius 3 is 2.38 bits per heavy atom. The molecule has 1 aliphatic heterocycles. The molecule has 1 aromatic carbocycles. The van der Waals surface area contributed by atoms with E-state index >= 15 is 0 Å². The van der Waals surface area contributed by atoms with Crippen molar-refractivity contribution in [3.8, 4) is 5.75 Å². The van der Waals surface area contributed by atoms with Crippen molar-refractivity contribution in [2.24, 2.45) is 11.3 Å². The Morgan fingerprint density at radius 2 is 1.82 bits per heavy atom. The quantitative estimate of drug-likeness (QED) is 0.495. The first kappa shape index (κ1) is 26.6. The van der Waals surface area contributed by atoms with Gasteiger partial charge in [-0.25, -0.2) is 0 Å². The number of hydrogen-bond acceptors (Lipinski definition) is 3. The number of ether oxygens (including phenoxy) is 1. The number of hydrogen-bond donors (Lipinski definition) is 1. The summed E-state index contributed by atoms with van der Waals surface area (Å²) in [6.45, 7) is 15.6. The topological polar surface area (TPSA) is 58.6 Å². The Balaban J connectivity index is 1.60. The van der Waals surface area contributed by atoms with Crippen LogP contribution in [0, 0.1) is 11.3 Å². The second kappa shape index (κ2) is 11.1. The molecule has 5 heteroatoms. The molecule has 1 saturated carbocycles. The first-order chi connectivity index (χ1) is 16.1. The molecule has 1 saturated heterocycles. The summed E-state index contributed by atoms with van der Waals surface area (Å²) in [6.07, 6.45) is 6.78. The summed E-state index contributed by atoms with van der Waals surface area (Å²) >= 11 is 0. The van der Waals surface area contributed by atoms with Crippen LogP contribution in [0.5, 0.6) is 5.75 Å². The second-order valence-corrected chi connectivity index (χ2v) is 11.5. The number of nitrogens with one attached hydrogen (secondary N) is 1. The average Bonchev–Trinajstić information content (AvgIpc) is 2.79. The van der Waals surface area contributed by atoms with Crippen LogP contribution in [0.3, 0.4) is 0 Å². The Bertz CT molecular complexity index is 841. The molecule has 0 bridgehead atoms. The average molecular weight is 471 g/mol. The van der Waals surface area contributed by atoms with Gasteiger partial charge in [-0.05, 0) is 73.0 Å². The van der Waals surface area contributed by atoms with Crippen molar-refractivity contribution in [2.45, 2.75) is 97.8 Å². The van der Waals surface area contributed by atoms with Gasteiger partial charge in [0.05, 0.1) is 12.5 Å². The van der Waals surface area contributed by atoms with Crippen molar-refractivity contribution in [2.75, 3.05) is 26.2 Å². The van der Waals surface area contributed by atoms with Crippen LogP contribution in [0.2, 0.25) is 0 Å². The Labute approximate surface area is 207 Å². The summed E-state index contributed by atoms with van der Waals surface area (Å²) in [6, 6.07) is 6.75. The van der Waals surface area contributed by atoms with E-state index in [4.69, 9.17) is 4.74 Å². The molecule has 1 aromatic rings. The van der Waals surface area contributed by atoms with E-state index in [1.807, 2.05) is 6.92 Å². The monoisotopic (exact) mass is 470 g/mol. The molecule has 0 unspecified atom stereocenters. The van der Waals surface area contributed by atoms with E-state index in [0.29, 0.717) is 30.9 Å². The molecule has 34 heavy (non-hydrogen) atoms. The van der Waals surface area contributed by atoms with Crippen LogP contribution in [-0.2, 0) is 15.0 Å². The van der Waals surface area contributed by atoms with Gasteiger partial charge < -0.3 is 15.0 Å². The lowest BCUT2D eigenvalue weighted by Gasteiger charge is -2.53. The highest BCUT2D eigenvalue weighted by Gasteiger charge is 2.47. The van der Waals surface area contributed by atoms with Crippen molar-refractivity contribution in [1.82, 2.24) is 10.2 Å². The summed E-state index contributed by atoms with van der Waals surface area (Å²) < 4.78 is 6.00. The molecule has 190 valence electrons. The number of piperidine rings is 1. The molecule has 1 aliphatic carbocycles. The fourth-order valence-corrected chi connectivity index (χ4v) is 5.72. The lowest BCUT2D eigenvalue weighted by atomic mass is 9.55. The normalized spacial score (nSPS) is 18.9. The number of rotatable bonds is 9. The lowest BCUT2D eigenvalue weighted by Crippen LogP contribution is -2.50. The maximum atomic E-state index is 13.2. The number of amides is 2. The van der Waals surface area contributed by atoms with Gasteiger partial charge in [-0.3, -0.25) is 9.59 Å². The molecule has 1 N–H and O–H groups in total. The van der Waals surface area contributed by atoms with Crippen LogP contribution in [-0.4, -0.2) is 43.0 Å². The minimum atomic E-state index is -0.0995. The Kier molecular flexibility index (Phi) is 8.70. The molecule has 1 heterocycles. The maximum Gasteiger partial charge on any atom is 0.227 e. The minimum absolute atomic E-state index is 0.0222. The van der Waals surface area contributed by atoms with Crippen molar-refractivity contribution in [3.63, 3.8) is 0 Å². The predicted octanol–water partition coefficient (Wildman–Crippen LogP) is 5.81. The number of carbonyl (C=O) groups excluding carboxylic acids is 2. The molecule has 0 aromatic heterocycles. The molecular formula is C29H46N2O3. The maximum absolute atomic E-state index is 13.2. The minimum Gasteiger partial charge on any atom is -0.494 e. The zero-order chi connectivity index (χ0) is 24.9. The third-order valence-electron chi connectivity index (χ3n) is 7.96. The zero-order valence-corrected chi connectivity index (χ0v) is 22.3. The fourth-order valence-electron chi connectivity index (χ4n) is 5.72. The first-order valence-corrected chi connectivity index (χ1v) is 13.4. The van der Waals surface area contributed by atoms with Gasteiger partial charge in [0.15, 0.2) is 0 Å². The van der Waals surface area contributed by atoms with Crippen LogP contribution in [0.1, 0.15) is 104 Å². The molecule has 2 fully saturated rings. The summed E-state index contributed by atoms with van der Waals surface area (Å²) in [7, 11) is 0. The summed E-state index contributed by atoms with van der Waals surface area (Å²) in [5.74, 6) is 1.73. The van der Waals surface area contributed by atoms with Gasteiger partial charge >= 0.3 is 0 Å². The molecule has 0 radical (unpaired) electrons. The lowest BCUT2D eigenvalue weighted by molar-refractivity contribution is -0.139. The van der Waals surface area contributed by atoms with E-state index in [-0.39, 0.29) is 23.1 Å². The van der Waals surface area contributed by atoms with Gasteiger partial charge in [0.2, 0.25) is 11.8 Å². The summed E-state index contributed by atoms with van der Waals surface area (Å²) in [5.41, 5.74) is 3.22. The second-order valence-electron chi connectivity index (χ2n) is 11.5. The third kappa shape index (κ3) is 6.14. The fraction of sp³-hybridized carbons (Fsp3) is 0.724. The van der Waals surface area contributed by atoms with Gasteiger partial charge in [-0.1, -0.05) is 53.2 Å². The van der Waals surface area contributed by atoms with Gasteiger partial charge in [0.25, 0.3) is 0 Å². The Hall–Kier alpha value is -2.04. The van der Waals surface area contributed by atoms with Crippen molar-refractivity contribution in [1.29, 1.82) is 0 Å². The molecule has 3 rings (SSSR count). The van der Waals surface area contributed by atoms with Crippen molar-refractivity contribution < 1.29 is 14.3 Å². The van der Waals surface area contributed by atoms with Gasteiger partial charge in [-0.2, -0.15) is 0 Å². The third-order valence-corrected chi connectivity index (χ3v) is 7.96. The highest BCUT2D eigenvalue weighted by Crippen LogP contribution is 2.58. The largest absolute Gasteiger partial charge is 0.494 e. The molecule has 1 atom stereocenters. The molecule has 2 aliphatic rings. The van der Waals surface area contributed by atoms with Crippen LogP contribution in [0.15, 0.2) is 18.2 Å². The van der Waals surface area contributed by atoms with E-state index < -0.39 is 0 Å². The van der Waals surface area contributed by atoms with E-state index in [0.717, 1.165) is 44.5 Å². The van der Waals surface area contributed by atoms with Gasteiger partial charge in [0, 0.05) is 26.1 Å². The summed E-state index contributed by atoms with van der Waals surface area (Å²) in [4.78, 5) is 27.0. The van der Waals surface area contributed by atoms with Gasteiger partial charge in [0.1, 0.15) is 5.75 Å². The molecular weight excluding hydrogens is 424 g/mol. The molecule has 1 spiro atoms. The smallest absolute Gasteiger partial charge is 0.227 e. The van der Waals surface area contributed by atoms with E-state index in [1.54, 1.807) is 0 Å². The van der Waals surface area contributed by atoms with E-state index in [1.165, 1.54) is 24.0 Å². The number of carbonyl (C=O) groups is 2. The Morgan fingerprint density at radius 1 is 1.15 bits per heavy atom. The number of nitrogens with zero attached hydrogens (tertiary/aromatic N) is 1. The van der Waals surface area contributed by atoms with Gasteiger partial charge in [-0.15, -0.1) is 0 Å². The van der Waals surface area contributed by atoms with E-state index in [9.17, 15) is 9.59 Å². The zero-order valence-electron chi connectivity index (χ0n) is 22.3. The highest BCUT2D eigenvalue weighted by molar-refractivity contribution is 5.81. The SMILES string of the molecule is CCC[C@H](CNC(=O)CC)C(=O)N1CCC2(CC1)CC(c1cc(C(C)(C)C)ccc1OCC)C2. The van der Waals surface area contributed by atoms with Crippen LogP contribution < -0.4 is 10.1 Å². The number of likely N-dealkylation sites (tertiary alicyclic amines) is 1. The summed E-state index contributed by atoms with van der Waals surface area (Å²) in [5, 5.41) is 2.93. The predicted molar refractivity (Wildman–Crippen MR) is 138 cm³/mol. The van der Waals surface area contributed by atoms with Crippen molar-refractivity contribution in [3.05, 3.63) is 29.3 Å². The molecule has 2 amide bonds. The van der Waals surface area contributed by atoms with Crippen LogP contribution in [0.4, 0.5) is 0 Å². The van der Waals surface area contributed by atoms with Crippen LogP contribution in [0.25, 0.3) is 0 Å². The highest BCUT2D eigenvalue weighted by atomic mass is 16.5. The number of benzene rings is 1. The standard InChI is InChI=1S/C29H46N2O3/c1-7-10-21(20-30-26(32)8-2)27(33)31-15-13-29(14-16-31)18-22(19-29)24-17-23(28(4,5)6)11-12-25(24)34-9-3/h11-12,17,21-22H,7-10,13-16,18-20H2,1-6H3,(H,30,32)/t21-/m1/s1. The molecule has 5 nitrogen and oxygen atoms in total. The first-order valence-electron chi connectivity index (χ1n) is 13.4. The van der Waals surface area contributed by atoms with Crippen LogP contribution >= 0.6 is 0 Å².